The quantitative estimate of drug-likeness (QED) is 0.752. The Balaban J connectivity index is 2.12. The van der Waals surface area contributed by atoms with Crippen molar-refractivity contribution in [3.05, 3.63) is 0 Å². The number of aliphatic hydroxyl groups is 1. The van der Waals surface area contributed by atoms with E-state index in [0.29, 0.717) is 0 Å². The van der Waals surface area contributed by atoms with E-state index in [-0.39, 0.29) is 0 Å². The highest BCUT2D eigenvalue weighted by Gasteiger charge is 2.52. The molecule has 0 saturated heterocycles. The highest BCUT2D eigenvalue weighted by atomic mass is 16.3. The van der Waals surface area contributed by atoms with E-state index in [9.17, 15) is 10.4 Å². The van der Waals surface area contributed by atoms with Gasteiger partial charge < -0.3 is 5.11 Å². The summed E-state index contributed by atoms with van der Waals surface area (Å²) < 4.78 is 0. The number of hydrogen-bond acceptors (Lipinski definition) is 2. The van der Waals surface area contributed by atoms with Crippen LogP contribution in [0.1, 0.15) is 84.5 Å². The molecular weight excluding hydrogens is 246 g/mol. The third-order valence-electron chi connectivity index (χ3n) is 6.39. The highest BCUT2D eigenvalue weighted by Crippen LogP contribution is 2.52. The van der Waals surface area contributed by atoms with Gasteiger partial charge in [-0.1, -0.05) is 39.5 Å². The lowest BCUT2D eigenvalue weighted by atomic mass is 9.59. The van der Waals surface area contributed by atoms with Gasteiger partial charge in [-0.25, -0.2) is 0 Å². The molecule has 0 radical (unpaired) electrons. The summed E-state index contributed by atoms with van der Waals surface area (Å²) in [6.45, 7) is 4.50. The van der Waals surface area contributed by atoms with Crippen molar-refractivity contribution in [3.63, 3.8) is 0 Å². The summed E-state index contributed by atoms with van der Waals surface area (Å²) in [6.07, 6.45) is 11.6. The molecule has 0 spiro atoms. The normalized spacial score (nSPS) is 42.7. The van der Waals surface area contributed by atoms with E-state index in [1.165, 1.54) is 19.3 Å². The maximum Gasteiger partial charge on any atom is 0.0860 e. The van der Waals surface area contributed by atoms with Crippen LogP contribution >= 0.6 is 0 Å². The Morgan fingerprint density at radius 3 is 2.05 bits per heavy atom. The lowest BCUT2D eigenvalue weighted by Gasteiger charge is -2.46. The molecule has 0 heterocycles. The second kappa shape index (κ2) is 6.48. The van der Waals surface area contributed by atoms with Crippen LogP contribution in [0.2, 0.25) is 0 Å². The molecule has 2 rings (SSSR count). The van der Waals surface area contributed by atoms with Gasteiger partial charge in [-0.15, -0.1) is 0 Å². The minimum absolute atomic E-state index is 0.457. The van der Waals surface area contributed by atoms with E-state index < -0.39 is 11.0 Å². The Bertz CT molecular complexity index is 351. The predicted octanol–water partition coefficient (Wildman–Crippen LogP) is 4.82. The first kappa shape index (κ1) is 15.8. The van der Waals surface area contributed by atoms with Crippen molar-refractivity contribution < 1.29 is 5.11 Å². The average Bonchev–Trinajstić information content (AvgIpc) is 2.70. The molecule has 2 nitrogen and oxygen atoms in total. The fraction of sp³-hybridized carbons (Fsp3) is 0.944. The third kappa shape index (κ3) is 2.89. The molecule has 2 saturated carbocycles. The molecule has 0 aliphatic heterocycles. The monoisotopic (exact) mass is 277 g/mol. The summed E-state index contributed by atoms with van der Waals surface area (Å²) in [7, 11) is 0. The second-order valence-electron chi connectivity index (χ2n) is 7.28. The van der Waals surface area contributed by atoms with E-state index in [1.807, 2.05) is 0 Å². The molecule has 2 atom stereocenters. The van der Waals surface area contributed by atoms with E-state index in [4.69, 9.17) is 0 Å². The molecule has 0 amide bonds. The average molecular weight is 277 g/mol. The van der Waals surface area contributed by atoms with Crippen LogP contribution in [0.15, 0.2) is 0 Å². The van der Waals surface area contributed by atoms with Crippen molar-refractivity contribution in [2.45, 2.75) is 90.1 Å². The zero-order valence-corrected chi connectivity index (χ0v) is 13.3. The largest absolute Gasteiger partial charge is 0.388 e. The van der Waals surface area contributed by atoms with Gasteiger partial charge in [0.15, 0.2) is 0 Å². The third-order valence-corrected chi connectivity index (χ3v) is 6.39. The summed E-state index contributed by atoms with van der Waals surface area (Å²) >= 11 is 0. The molecule has 114 valence electrons. The maximum atomic E-state index is 11.3. The van der Waals surface area contributed by atoms with Gasteiger partial charge in [0.1, 0.15) is 0 Å². The fourth-order valence-corrected chi connectivity index (χ4v) is 4.54. The number of hydrogen-bond donors (Lipinski definition) is 1. The molecule has 20 heavy (non-hydrogen) atoms. The first-order valence-corrected chi connectivity index (χ1v) is 8.73. The van der Waals surface area contributed by atoms with Crippen LogP contribution in [-0.4, -0.2) is 10.7 Å². The first-order valence-electron chi connectivity index (χ1n) is 8.73. The van der Waals surface area contributed by atoms with Crippen molar-refractivity contribution in [2.75, 3.05) is 0 Å². The lowest BCUT2D eigenvalue weighted by Crippen LogP contribution is -2.49. The van der Waals surface area contributed by atoms with Gasteiger partial charge in [0.25, 0.3) is 0 Å². The van der Waals surface area contributed by atoms with Crippen LogP contribution in [0.3, 0.4) is 0 Å². The Morgan fingerprint density at radius 2 is 1.50 bits per heavy atom. The molecule has 2 aliphatic carbocycles. The molecule has 2 aliphatic rings. The maximum absolute atomic E-state index is 11.3. The molecule has 0 aromatic carbocycles. The second-order valence-corrected chi connectivity index (χ2v) is 7.28. The van der Waals surface area contributed by atoms with Crippen LogP contribution in [0, 0.1) is 28.6 Å². The number of nitriles is 1. The van der Waals surface area contributed by atoms with Crippen LogP contribution in [0.4, 0.5) is 0 Å². The molecule has 1 N–H and O–H groups in total. The van der Waals surface area contributed by atoms with E-state index in [2.05, 4.69) is 19.9 Å². The molecule has 2 unspecified atom stereocenters. The Kier molecular flexibility index (Phi) is 5.13. The van der Waals surface area contributed by atoms with Crippen molar-refractivity contribution in [1.29, 1.82) is 5.26 Å². The minimum Gasteiger partial charge on any atom is -0.388 e. The Morgan fingerprint density at radius 1 is 0.950 bits per heavy atom. The van der Waals surface area contributed by atoms with Gasteiger partial charge in [0.05, 0.1) is 17.1 Å². The van der Waals surface area contributed by atoms with Crippen LogP contribution in [0.25, 0.3) is 0 Å². The molecule has 0 aromatic rings. The van der Waals surface area contributed by atoms with Gasteiger partial charge in [0.2, 0.25) is 0 Å². The summed E-state index contributed by atoms with van der Waals surface area (Å²) in [5.41, 5.74) is -1.17. The summed E-state index contributed by atoms with van der Waals surface area (Å²) in [5.74, 6) is 1.53. The lowest BCUT2D eigenvalue weighted by molar-refractivity contribution is -0.0892. The molecular formula is C18H31NO. The van der Waals surface area contributed by atoms with Crippen molar-refractivity contribution in [2.24, 2.45) is 17.3 Å². The van der Waals surface area contributed by atoms with Crippen molar-refractivity contribution in [1.82, 2.24) is 0 Å². The number of nitrogens with zero attached hydrogens (tertiary/aromatic N) is 1. The molecule has 2 fully saturated rings. The van der Waals surface area contributed by atoms with Crippen molar-refractivity contribution in [3.8, 4) is 6.07 Å². The van der Waals surface area contributed by atoms with Gasteiger partial charge in [-0.3, -0.25) is 0 Å². The van der Waals surface area contributed by atoms with Gasteiger partial charge >= 0.3 is 0 Å². The zero-order valence-electron chi connectivity index (χ0n) is 13.3. The summed E-state index contributed by atoms with van der Waals surface area (Å²) in [4.78, 5) is 0. The Hall–Kier alpha value is -0.550. The summed E-state index contributed by atoms with van der Waals surface area (Å²) in [5, 5.41) is 21.1. The molecule has 0 aromatic heterocycles. The molecule has 2 heteroatoms. The van der Waals surface area contributed by atoms with Crippen molar-refractivity contribution >= 4 is 0 Å². The zero-order chi connectivity index (χ0) is 14.6. The van der Waals surface area contributed by atoms with Crippen LogP contribution in [0.5, 0.6) is 0 Å². The van der Waals surface area contributed by atoms with E-state index in [1.54, 1.807) is 0 Å². The highest BCUT2D eigenvalue weighted by molar-refractivity contribution is 5.13. The number of rotatable bonds is 3. The standard InChI is InChI=1S/C18H31NO/c1-3-15-6-5-10-18(20,13-9-15)17(14-19)11-7-16(4-2)8-12-17/h15-16,20H,3-13H2,1-2H3. The molecule has 0 bridgehead atoms. The SMILES string of the molecule is CCC1CCCC(O)(C2(C#N)CCC(CC)CC2)CC1. The van der Waals surface area contributed by atoms with E-state index in [0.717, 1.165) is 63.2 Å². The van der Waals surface area contributed by atoms with E-state index >= 15 is 0 Å². The minimum atomic E-state index is -0.718. The van der Waals surface area contributed by atoms with Gasteiger partial charge in [0, 0.05) is 0 Å². The predicted molar refractivity (Wildman–Crippen MR) is 82.1 cm³/mol. The van der Waals surface area contributed by atoms with Crippen LogP contribution < -0.4 is 0 Å². The Labute approximate surface area is 124 Å². The topological polar surface area (TPSA) is 44.0 Å². The van der Waals surface area contributed by atoms with Crippen LogP contribution in [-0.2, 0) is 0 Å². The van der Waals surface area contributed by atoms with Gasteiger partial charge in [-0.2, -0.15) is 5.26 Å². The first-order chi connectivity index (χ1) is 9.59. The fourth-order valence-electron chi connectivity index (χ4n) is 4.54. The summed E-state index contributed by atoms with van der Waals surface area (Å²) in [6, 6.07) is 2.58. The van der Waals surface area contributed by atoms with Gasteiger partial charge in [-0.05, 0) is 56.8 Å². The smallest absolute Gasteiger partial charge is 0.0860 e.